The van der Waals surface area contributed by atoms with Gasteiger partial charge in [-0.1, -0.05) is 6.07 Å². The number of nitrogens with one attached hydrogen (secondary N) is 2. The van der Waals surface area contributed by atoms with Crippen LogP contribution in [0.3, 0.4) is 0 Å². The molecular weight excluding hydrogens is 235 g/mol. The molecule has 1 heterocycles. The number of fused-ring (bicyclic) bond motifs is 1. The van der Waals surface area contributed by atoms with Gasteiger partial charge in [-0.15, -0.1) is 0 Å². The molecule has 0 aliphatic rings. The van der Waals surface area contributed by atoms with Gasteiger partial charge in [0.15, 0.2) is 0 Å². The summed E-state index contributed by atoms with van der Waals surface area (Å²) in [5.41, 5.74) is 0.242. The number of aromatic nitrogens is 2. The lowest BCUT2D eigenvalue weighted by Gasteiger charge is -2.08. The molecule has 0 aliphatic carbocycles. The molecule has 0 saturated heterocycles. The number of amides is 1. The molecule has 1 amide bonds. The van der Waals surface area contributed by atoms with Crippen LogP contribution in [0, 0.1) is 5.82 Å². The number of rotatable bonds is 4. The SMILES string of the molecule is CCNC(=O)CNc1ncnc2c(F)cccc12. The highest BCUT2D eigenvalue weighted by molar-refractivity contribution is 5.91. The topological polar surface area (TPSA) is 66.9 Å². The molecule has 0 radical (unpaired) electrons. The standard InChI is InChI=1S/C12H13FN4O/c1-2-14-10(18)6-15-12-8-4-3-5-9(13)11(8)16-7-17-12/h3-5,7H,2,6H2,1H3,(H,14,18)(H,15,16,17). The summed E-state index contributed by atoms with van der Waals surface area (Å²) in [6, 6.07) is 4.62. The van der Waals surface area contributed by atoms with E-state index in [0.717, 1.165) is 0 Å². The Hall–Kier alpha value is -2.24. The Bertz CT molecular complexity index is 573. The van der Waals surface area contributed by atoms with E-state index in [9.17, 15) is 9.18 Å². The number of carbonyl (C=O) groups excluding carboxylic acids is 1. The molecule has 0 unspecified atom stereocenters. The van der Waals surface area contributed by atoms with E-state index in [1.165, 1.54) is 12.4 Å². The molecule has 0 bridgehead atoms. The van der Waals surface area contributed by atoms with Crippen LogP contribution in [0.1, 0.15) is 6.92 Å². The molecule has 0 atom stereocenters. The summed E-state index contributed by atoms with van der Waals surface area (Å²) in [6.45, 7) is 2.50. The second-order valence-electron chi connectivity index (χ2n) is 3.67. The predicted octanol–water partition coefficient (Wildman–Crippen LogP) is 1.32. The normalized spacial score (nSPS) is 10.3. The van der Waals surface area contributed by atoms with E-state index in [2.05, 4.69) is 20.6 Å². The van der Waals surface area contributed by atoms with Crippen LogP contribution < -0.4 is 10.6 Å². The van der Waals surface area contributed by atoms with Crippen molar-refractivity contribution in [2.24, 2.45) is 0 Å². The summed E-state index contributed by atoms with van der Waals surface area (Å²) >= 11 is 0. The highest BCUT2D eigenvalue weighted by atomic mass is 19.1. The molecule has 5 nitrogen and oxygen atoms in total. The molecule has 0 saturated carbocycles. The van der Waals surface area contributed by atoms with Crippen LogP contribution in [0.25, 0.3) is 10.9 Å². The van der Waals surface area contributed by atoms with E-state index in [0.29, 0.717) is 17.7 Å². The Kier molecular flexibility index (Phi) is 3.66. The van der Waals surface area contributed by atoms with Gasteiger partial charge in [-0.3, -0.25) is 4.79 Å². The average molecular weight is 248 g/mol. The first-order valence-electron chi connectivity index (χ1n) is 5.62. The molecular formula is C12H13FN4O. The summed E-state index contributed by atoms with van der Waals surface area (Å²) in [6.07, 6.45) is 1.27. The third-order valence-electron chi connectivity index (χ3n) is 2.41. The molecule has 2 aromatic rings. The number of halogens is 1. The monoisotopic (exact) mass is 248 g/mol. The quantitative estimate of drug-likeness (QED) is 0.856. The van der Waals surface area contributed by atoms with Gasteiger partial charge in [-0.25, -0.2) is 14.4 Å². The molecule has 0 aliphatic heterocycles. The van der Waals surface area contributed by atoms with Crippen LogP contribution in [0.2, 0.25) is 0 Å². The van der Waals surface area contributed by atoms with Crippen molar-refractivity contribution in [1.29, 1.82) is 0 Å². The Labute approximate surface area is 103 Å². The molecule has 6 heteroatoms. The Morgan fingerprint density at radius 3 is 3.00 bits per heavy atom. The fraction of sp³-hybridized carbons (Fsp3) is 0.250. The Balaban J connectivity index is 2.23. The van der Waals surface area contributed by atoms with Crippen molar-refractivity contribution in [3.63, 3.8) is 0 Å². The van der Waals surface area contributed by atoms with E-state index in [4.69, 9.17) is 0 Å². The highest BCUT2D eigenvalue weighted by Crippen LogP contribution is 2.20. The minimum atomic E-state index is -0.407. The fourth-order valence-corrected chi connectivity index (χ4v) is 1.62. The van der Waals surface area contributed by atoms with Crippen molar-refractivity contribution in [3.05, 3.63) is 30.3 Å². The van der Waals surface area contributed by atoms with Gasteiger partial charge in [0.25, 0.3) is 0 Å². The van der Waals surface area contributed by atoms with E-state index in [-0.39, 0.29) is 18.0 Å². The third kappa shape index (κ3) is 2.53. The lowest BCUT2D eigenvalue weighted by molar-refractivity contribution is -0.119. The van der Waals surface area contributed by atoms with Gasteiger partial charge in [0.05, 0.1) is 6.54 Å². The number of para-hydroxylation sites is 1. The number of nitrogens with zero attached hydrogens (tertiary/aromatic N) is 2. The largest absolute Gasteiger partial charge is 0.360 e. The molecule has 18 heavy (non-hydrogen) atoms. The van der Waals surface area contributed by atoms with Gasteiger partial charge in [-0.05, 0) is 19.1 Å². The first kappa shape index (κ1) is 12.2. The minimum Gasteiger partial charge on any atom is -0.360 e. The molecule has 94 valence electrons. The smallest absolute Gasteiger partial charge is 0.239 e. The second kappa shape index (κ2) is 5.39. The first-order chi connectivity index (χ1) is 8.72. The molecule has 2 N–H and O–H groups in total. The molecule has 1 aromatic heterocycles. The Morgan fingerprint density at radius 2 is 2.22 bits per heavy atom. The third-order valence-corrected chi connectivity index (χ3v) is 2.41. The highest BCUT2D eigenvalue weighted by Gasteiger charge is 2.08. The zero-order valence-corrected chi connectivity index (χ0v) is 9.90. The molecule has 0 fully saturated rings. The fourth-order valence-electron chi connectivity index (χ4n) is 1.62. The van der Waals surface area contributed by atoms with Gasteiger partial charge in [-0.2, -0.15) is 0 Å². The summed E-state index contributed by atoms with van der Waals surface area (Å²) < 4.78 is 13.5. The lowest BCUT2D eigenvalue weighted by Crippen LogP contribution is -2.29. The van der Waals surface area contributed by atoms with Gasteiger partial charge in [0, 0.05) is 11.9 Å². The van der Waals surface area contributed by atoms with Crippen LogP contribution >= 0.6 is 0 Å². The van der Waals surface area contributed by atoms with E-state index in [1.807, 2.05) is 6.92 Å². The maximum atomic E-state index is 13.5. The maximum Gasteiger partial charge on any atom is 0.239 e. The number of hydrogen-bond donors (Lipinski definition) is 2. The van der Waals surface area contributed by atoms with Crippen LogP contribution in [0.4, 0.5) is 10.2 Å². The van der Waals surface area contributed by atoms with Gasteiger partial charge in [0.2, 0.25) is 5.91 Å². The zero-order chi connectivity index (χ0) is 13.0. The van der Waals surface area contributed by atoms with Gasteiger partial charge >= 0.3 is 0 Å². The second-order valence-corrected chi connectivity index (χ2v) is 3.67. The van der Waals surface area contributed by atoms with E-state index >= 15 is 0 Å². The lowest BCUT2D eigenvalue weighted by atomic mass is 10.2. The van der Waals surface area contributed by atoms with E-state index in [1.54, 1.807) is 12.1 Å². The summed E-state index contributed by atoms with van der Waals surface area (Å²) in [5.74, 6) is -0.0950. The predicted molar refractivity (Wildman–Crippen MR) is 66.7 cm³/mol. The number of likely N-dealkylation sites (N-methyl/N-ethyl adjacent to an activating group) is 1. The van der Waals surface area contributed by atoms with Crippen LogP contribution in [-0.4, -0.2) is 29.0 Å². The molecule has 0 spiro atoms. The number of anilines is 1. The van der Waals surface area contributed by atoms with Gasteiger partial charge < -0.3 is 10.6 Å². The number of benzene rings is 1. The summed E-state index contributed by atoms with van der Waals surface area (Å²) in [5, 5.41) is 6.08. The summed E-state index contributed by atoms with van der Waals surface area (Å²) in [7, 11) is 0. The minimum absolute atomic E-state index is 0.0937. The van der Waals surface area contributed by atoms with Crippen molar-refractivity contribution in [2.45, 2.75) is 6.92 Å². The van der Waals surface area contributed by atoms with Crippen LogP contribution in [0.5, 0.6) is 0 Å². The van der Waals surface area contributed by atoms with Gasteiger partial charge in [0.1, 0.15) is 23.5 Å². The number of hydrogen-bond acceptors (Lipinski definition) is 4. The van der Waals surface area contributed by atoms with Crippen molar-refractivity contribution in [1.82, 2.24) is 15.3 Å². The molecule has 2 rings (SSSR count). The number of carbonyl (C=O) groups is 1. The van der Waals surface area contributed by atoms with Crippen LogP contribution in [-0.2, 0) is 4.79 Å². The maximum absolute atomic E-state index is 13.5. The zero-order valence-electron chi connectivity index (χ0n) is 9.90. The van der Waals surface area contributed by atoms with Crippen LogP contribution in [0.15, 0.2) is 24.5 Å². The first-order valence-corrected chi connectivity index (χ1v) is 5.62. The van der Waals surface area contributed by atoms with Crippen molar-refractivity contribution < 1.29 is 9.18 Å². The molecule has 1 aromatic carbocycles. The van der Waals surface area contributed by atoms with Crippen molar-refractivity contribution in [2.75, 3.05) is 18.4 Å². The van der Waals surface area contributed by atoms with Crippen molar-refractivity contribution in [3.8, 4) is 0 Å². The average Bonchev–Trinajstić information content (AvgIpc) is 2.37. The summed E-state index contributed by atoms with van der Waals surface area (Å²) in [4.78, 5) is 19.2. The Morgan fingerprint density at radius 1 is 1.39 bits per heavy atom. The van der Waals surface area contributed by atoms with E-state index < -0.39 is 5.82 Å². The van der Waals surface area contributed by atoms with Crippen molar-refractivity contribution >= 4 is 22.6 Å².